The van der Waals surface area contributed by atoms with Gasteiger partial charge in [-0.2, -0.15) is 0 Å². The second-order valence-electron chi connectivity index (χ2n) is 4.76. The van der Waals surface area contributed by atoms with Gasteiger partial charge in [0.15, 0.2) is 0 Å². The fraction of sp³-hybridized carbons (Fsp3) is 0.467. The molecule has 0 unspecified atom stereocenters. The van der Waals surface area contributed by atoms with Crippen LogP contribution >= 0.6 is 0 Å². The highest BCUT2D eigenvalue weighted by atomic mass is 16.5. The molecule has 102 valence electrons. The van der Waals surface area contributed by atoms with Gasteiger partial charge in [0, 0.05) is 19.4 Å². The van der Waals surface area contributed by atoms with Crippen LogP contribution in [0.15, 0.2) is 24.3 Å². The van der Waals surface area contributed by atoms with Crippen molar-refractivity contribution in [3.63, 3.8) is 0 Å². The van der Waals surface area contributed by atoms with Crippen molar-refractivity contribution in [1.82, 2.24) is 0 Å². The minimum atomic E-state index is -0.365. The number of ether oxygens (including phenoxy) is 2. The van der Waals surface area contributed by atoms with E-state index in [1.165, 1.54) is 7.11 Å². The van der Waals surface area contributed by atoms with Crippen molar-refractivity contribution in [2.75, 3.05) is 14.2 Å². The molecule has 4 heteroatoms. The maximum absolute atomic E-state index is 12.0. The molecule has 0 spiro atoms. The minimum Gasteiger partial charge on any atom is -0.465 e. The van der Waals surface area contributed by atoms with E-state index < -0.39 is 0 Å². The maximum Gasteiger partial charge on any atom is 0.337 e. The molecule has 1 aromatic carbocycles. The molecule has 1 fully saturated rings. The molecule has 19 heavy (non-hydrogen) atoms. The zero-order valence-electron chi connectivity index (χ0n) is 11.2. The molecule has 0 bridgehead atoms. The predicted octanol–water partition coefficient (Wildman–Crippen LogP) is 2.32. The first-order valence-corrected chi connectivity index (χ1v) is 6.39. The van der Waals surface area contributed by atoms with Gasteiger partial charge in [-0.25, -0.2) is 4.79 Å². The van der Waals surface area contributed by atoms with Gasteiger partial charge >= 0.3 is 5.97 Å². The first-order chi connectivity index (χ1) is 9.15. The average molecular weight is 262 g/mol. The molecule has 0 amide bonds. The van der Waals surface area contributed by atoms with Gasteiger partial charge in [0.2, 0.25) is 0 Å². The van der Waals surface area contributed by atoms with Crippen LogP contribution in [0.25, 0.3) is 0 Å². The number of rotatable bonds is 3. The normalized spacial score (nSPS) is 23.2. The third kappa shape index (κ3) is 3.01. The monoisotopic (exact) mass is 262 g/mol. The first kappa shape index (κ1) is 13.7. The molecule has 0 aliphatic heterocycles. The summed E-state index contributed by atoms with van der Waals surface area (Å²) in [5.41, 5.74) is 1.44. The quantitative estimate of drug-likeness (QED) is 0.784. The van der Waals surface area contributed by atoms with E-state index in [1.807, 2.05) is 12.1 Å². The first-order valence-electron chi connectivity index (χ1n) is 6.39. The highest BCUT2D eigenvalue weighted by molar-refractivity contribution is 5.90. The zero-order valence-corrected chi connectivity index (χ0v) is 11.2. The number of ketones is 1. The standard InChI is InChI=1S/C15H18O4/c1-18-12-7-8-14(16)13(9-12)10-3-5-11(6-4-10)15(17)19-2/h3-6,12-13H,7-9H2,1-2H3/t12-,13-/m0/s1. The summed E-state index contributed by atoms with van der Waals surface area (Å²) in [7, 11) is 3.03. The third-order valence-corrected chi connectivity index (χ3v) is 3.67. The Labute approximate surface area is 112 Å². The van der Waals surface area contributed by atoms with E-state index in [9.17, 15) is 9.59 Å². The van der Waals surface area contributed by atoms with Gasteiger partial charge < -0.3 is 9.47 Å². The SMILES string of the molecule is COC(=O)c1ccc([C@@H]2C[C@@H](OC)CCC2=O)cc1. The van der Waals surface area contributed by atoms with E-state index in [1.54, 1.807) is 19.2 Å². The van der Waals surface area contributed by atoms with Gasteiger partial charge in [-0.1, -0.05) is 12.1 Å². The molecule has 4 nitrogen and oxygen atoms in total. The van der Waals surface area contributed by atoms with E-state index in [4.69, 9.17) is 4.74 Å². The average Bonchev–Trinajstić information content (AvgIpc) is 2.47. The fourth-order valence-corrected chi connectivity index (χ4v) is 2.50. The van der Waals surface area contributed by atoms with Crippen LogP contribution in [-0.4, -0.2) is 32.1 Å². The van der Waals surface area contributed by atoms with E-state index in [2.05, 4.69) is 4.74 Å². The minimum absolute atomic E-state index is 0.120. The van der Waals surface area contributed by atoms with Crippen LogP contribution in [0.2, 0.25) is 0 Å². The molecule has 2 rings (SSSR count). The molecule has 2 atom stereocenters. The lowest BCUT2D eigenvalue weighted by molar-refractivity contribution is -0.124. The largest absolute Gasteiger partial charge is 0.465 e. The van der Waals surface area contributed by atoms with E-state index in [0.717, 1.165) is 12.0 Å². The molecule has 1 aromatic rings. The van der Waals surface area contributed by atoms with Crippen molar-refractivity contribution in [3.8, 4) is 0 Å². The fourth-order valence-electron chi connectivity index (χ4n) is 2.50. The highest BCUT2D eigenvalue weighted by Crippen LogP contribution is 2.31. The topological polar surface area (TPSA) is 52.6 Å². The molecule has 0 heterocycles. The van der Waals surface area contributed by atoms with Crippen molar-refractivity contribution in [2.45, 2.75) is 31.3 Å². The highest BCUT2D eigenvalue weighted by Gasteiger charge is 2.29. The van der Waals surface area contributed by atoms with Gasteiger partial charge in [-0.15, -0.1) is 0 Å². The van der Waals surface area contributed by atoms with E-state index in [0.29, 0.717) is 18.4 Å². The summed E-state index contributed by atoms with van der Waals surface area (Å²) in [5.74, 6) is -0.235. The van der Waals surface area contributed by atoms with Crippen LogP contribution in [-0.2, 0) is 14.3 Å². The summed E-state index contributed by atoms with van der Waals surface area (Å²) in [5, 5.41) is 0. The third-order valence-electron chi connectivity index (χ3n) is 3.67. The van der Waals surface area contributed by atoms with Crippen molar-refractivity contribution in [3.05, 3.63) is 35.4 Å². The number of methoxy groups -OCH3 is 2. The van der Waals surface area contributed by atoms with Crippen molar-refractivity contribution < 1.29 is 19.1 Å². The van der Waals surface area contributed by atoms with Crippen LogP contribution in [0.3, 0.4) is 0 Å². The number of Topliss-reactive ketones (excluding diaryl/α,β-unsaturated/α-hetero) is 1. The molecule has 0 radical (unpaired) electrons. The summed E-state index contributed by atoms with van der Waals surface area (Å²) >= 11 is 0. The summed E-state index contributed by atoms with van der Waals surface area (Å²) in [6, 6.07) is 7.05. The smallest absolute Gasteiger partial charge is 0.337 e. The van der Waals surface area contributed by atoms with Crippen molar-refractivity contribution in [1.29, 1.82) is 0 Å². The molecular formula is C15H18O4. The lowest BCUT2D eigenvalue weighted by Crippen LogP contribution is -2.27. The molecule has 1 saturated carbocycles. The molecular weight excluding hydrogens is 244 g/mol. The number of carbonyl (C=O) groups is 2. The second kappa shape index (κ2) is 5.97. The molecule has 0 aromatic heterocycles. The van der Waals surface area contributed by atoms with Crippen LogP contribution in [0.5, 0.6) is 0 Å². The molecule has 1 aliphatic carbocycles. The van der Waals surface area contributed by atoms with E-state index in [-0.39, 0.29) is 23.8 Å². The maximum atomic E-state index is 12.0. The zero-order chi connectivity index (χ0) is 13.8. The van der Waals surface area contributed by atoms with Crippen LogP contribution in [0, 0.1) is 0 Å². The summed E-state index contributed by atoms with van der Waals surface area (Å²) in [6.07, 6.45) is 2.21. The summed E-state index contributed by atoms with van der Waals surface area (Å²) in [4.78, 5) is 23.3. The number of benzene rings is 1. The van der Waals surface area contributed by atoms with Crippen molar-refractivity contribution >= 4 is 11.8 Å². The summed E-state index contributed by atoms with van der Waals surface area (Å²) < 4.78 is 10.00. The Balaban J connectivity index is 2.16. The van der Waals surface area contributed by atoms with E-state index >= 15 is 0 Å². The number of esters is 1. The van der Waals surface area contributed by atoms with Crippen molar-refractivity contribution in [2.24, 2.45) is 0 Å². The van der Waals surface area contributed by atoms with Crippen LogP contribution < -0.4 is 0 Å². The second-order valence-corrected chi connectivity index (χ2v) is 4.76. The Morgan fingerprint density at radius 1 is 1.21 bits per heavy atom. The van der Waals surface area contributed by atoms with Gasteiger partial charge in [0.1, 0.15) is 5.78 Å². The van der Waals surface area contributed by atoms with Gasteiger partial charge in [-0.3, -0.25) is 4.79 Å². The lowest BCUT2D eigenvalue weighted by Gasteiger charge is -2.27. The van der Waals surface area contributed by atoms with Gasteiger partial charge in [-0.05, 0) is 30.5 Å². The predicted molar refractivity (Wildman–Crippen MR) is 70.2 cm³/mol. The Hall–Kier alpha value is -1.68. The molecule has 1 aliphatic rings. The number of carbonyl (C=O) groups excluding carboxylic acids is 2. The summed E-state index contributed by atoms with van der Waals surface area (Å²) in [6.45, 7) is 0. The van der Waals surface area contributed by atoms with Crippen LogP contribution in [0.4, 0.5) is 0 Å². The Bertz CT molecular complexity index is 464. The van der Waals surface area contributed by atoms with Gasteiger partial charge in [0.05, 0.1) is 18.8 Å². The molecule has 0 N–H and O–H groups in total. The number of hydrogen-bond acceptors (Lipinski definition) is 4. The Morgan fingerprint density at radius 2 is 1.89 bits per heavy atom. The Morgan fingerprint density at radius 3 is 2.47 bits per heavy atom. The lowest BCUT2D eigenvalue weighted by atomic mass is 9.81. The number of hydrogen-bond donors (Lipinski definition) is 0. The molecule has 0 saturated heterocycles. The van der Waals surface area contributed by atoms with Gasteiger partial charge in [0.25, 0.3) is 0 Å². The van der Waals surface area contributed by atoms with Crippen LogP contribution in [0.1, 0.15) is 41.1 Å². The Kier molecular flexibility index (Phi) is 4.32.